The summed E-state index contributed by atoms with van der Waals surface area (Å²) in [5.74, 6) is 1.59. The van der Waals surface area contributed by atoms with Gasteiger partial charge in [0.25, 0.3) is 0 Å². The van der Waals surface area contributed by atoms with Gasteiger partial charge in [-0.1, -0.05) is 0 Å². The van der Waals surface area contributed by atoms with Crippen LogP contribution in [0.1, 0.15) is 5.82 Å². The molecule has 0 unspecified atom stereocenters. The average molecular weight is 265 g/mol. The van der Waals surface area contributed by atoms with Gasteiger partial charge in [0.15, 0.2) is 0 Å². The van der Waals surface area contributed by atoms with E-state index in [1.807, 2.05) is 17.7 Å². The van der Waals surface area contributed by atoms with E-state index in [1.54, 1.807) is 20.3 Å². The fraction of sp³-hybridized carbons (Fsp3) is 0.385. The van der Waals surface area contributed by atoms with Gasteiger partial charge in [-0.05, 0) is 12.1 Å². The molecule has 19 heavy (non-hydrogen) atoms. The number of fused-ring (bicyclic) bond motifs is 1. The summed E-state index contributed by atoms with van der Waals surface area (Å²) in [7, 11) is 6.35. The van der Waals surface area contributed by atoms with Gasteiger partial charge in [0.05, 0.1) is 21.3 Å². The first-order chi connectivity index (χ1) is 9.12. The van der Waals surface area contributed by atoms with Crippen LogP contribution in [0.4, 0.5) is 0 Å². The van der Waals surface area contributed by atoms with E-state index in [-0.39, 0.29) is 12.4 Å². The molecular formula is C13H16N2O4. The van der Waals surface area contributed by atoms with Crippen molar-refractivity contribution in [1.82, 2.24) is 9.55 Å². The van der Waals surface area contributed by atoms with Gasteiger partial charge < -0.3 is 18.8 Å². The van der Waals surface area contributed by atoms with E-state index in [2.05, 4.69) is 9.72 Å². The van der Waals surface area contributed by atoms with Crippen molar-refractivity contribution in [2.24, 2.45) is 7.05 Å². The molecule has 0 aliphatic rings. The molecule has 0 N–H and O–H groups in total. The van der Waals surface area contributed by atoms with Gasteiger partial charge in [0, 0.05) is 7.05 Å². The standard InChI is InChI=1S/C13H16N2O4/c1-15-10(7-11(16)19-4)14-12-8(17-2)5-6-9(18-3)13(12)15/h5-6H,7H2,1-4H3/i11+1. The molecular weight excluding hydrogens is 249 g/mol. The van der Waals surface area contributed by atoms with Crippen molar-refractivity contribution in [3.8, 4) is 11.5 Å². The normalized spacial score (nSPS) is 10.5. The number of aryl methyl sites for hydroxylation is 1. The van der Waals surface area contributed by atoms with Crippen molar-refractivity contribution in [3.63, 3.8) is 0 Å². The molecule has 1 aromatic heterocycles. The summed E-state index contributed by atoms with van der Waals surface area (Å²) in [5.41, 5.74) is 1.46. The quantitative estimate of drug-likeness (QED) is 0.616. The number of imidazole rings is 1. The highest BCUT2D eigenvalue weighted by molar-refractivity contribution is 5.88. The Morgan fingerprint density at radius 1 is 1.21 bits per heavy atom. The molecule has 0 atom stereocenters. The van der Waals surface area contributed by atoms with Crippen LogP contribution >= 0.6 is 0 Å². The average Bonchev–Trinajstić information content (AvgIpc) is 2.75. The van der Waals surface area contributed by atoms with Gasteiger partial charge in [-0.2, -0.15) is 0 Å². The molecule has 0 aliphatic heterocycles. The van der Waals surface area contributed by atoms with E-state index in [1.165, 1.54) is 7.11 Å². The minimum atomic E-state index is -0.337. The van der Waals surface area contributed by atoms with E-state index in [0.717, 1.165) is 5.52 Å². The Labute approximate surface area is 110 Å². The predicted octanol–water partition coefficient (Wildman–Crippen LogP) is 1.31. The second-order valence-electron chi connectivity index (χ2n) is 4.01. The lowest BCUT2D eigenvalue weighted by Crippen LogP contribution is -2.09. The lowest BCUT2D eigenvalue weighted by Gasteiger charge is -2.07. The molecule has 0 saturated carbocycles. The molecule has 1 heterocycles. The first-order valence-corrected chi connectivity index (χ1v) is 5.75. The number of hydrogen-bond donors (Lipinski definition) is 0. The highest BCUT2D eigenvalue weighted by Crippen LogP contribution is 2.32. The Morgan fingerprint density at radius 3 is 2.42 bits per heavy atom. The number of nitrogens with zero attached hydrogens (tertiary/aromatic N) is 2. The number of hydrogen-bond acceptors (Lipinski definition) is 5. The van der Waals surface area contributed by atoms with Crippen molar-refractivity contribution in [2.75, 3.05) is 21.3 Å². The number of ether oxygens (including phenoxy) is 3. The van der Waals surface area contributed by atoms with Gasteiger partial charge in [-0.15, -0.1) is 0 Å². The molecule has 0 bridgehead atoms. The monoisotopic (exact) mass is 265 g/mol. The fourth-order valence-corrected chi connectivity index (χ4v) is 2.00. The first kappa shape index (κ1) is 13.2. The van der Waals surface area contributed by atoms with Crippen LogP contribution in [-0.4, -0.2) is 36.8 Å². The summed E-state index contributed by atoms with van der Waals surface area (Å²) in [6, 6.07) is 3.60. The first-order valence-electron chi connectivity index (χ1n) is 5.75. The van der Waals surface area contributed by atoms with Gasteiger partial charge in [-0.25, -0.2) is 4.98 Å². The van der Waals surface area contributed by atoms with Crippen LogP contribution in [-0.2, 0) is 23.0 Å². The van der Waals surface area contributed by atoms with E-state index >= 15 is 0 Å². The van der Waals surface area contributed by atoms with E-state index in [0.29, 0.717) is 22.8 Å². The molecule has 0 saturated heterocycles. The number of benzene rings is 1. The van der Waals surface area contributed by atoms with Crippen LogP contribution in [0.2, 0.25) is 0 Å². The minimum absolute atomic E-state index is 0.105. The molecule has 0 amide bonds. The number of methoxy groups -OCH3 is 3. The molecule has 0 fully saturated rings. The Morgan fingerprint density at radius 2 is 1.84 bits per heavy atom. The third-order valence-electron chi connectivity index (χ3n) is 3.01. The van der Waals surface area contributed by atoms with Crippen LogP contribution < -0.4 is 9.47 Å². The summed E-state index contributed by atoms with van der Waals surface area (Å²) in [5, 5.41) is 0. The molecule has 6 heteroatoms. The smallest absolute Gasteiger partial charge is 0.313 e. The summed E-state index contributed by atoms with van der Waals surface area (Å²) in [6.07, 6.45) is 0.105. The molecule has 2 aromatic rings. The minimum Gasteiger partial charge on any atom is -0.494 e. The number of carbonyl (C=O) groups excluding carboxylic acids is 1. The Hall–Kier alpha value is -2.24. The van der Waals surface area contributed by atoms with Crippen molar-refractivity contribution < 1.29 is 19.0 Å². The van der Waals surface area contributed by atoms with Crippen molar-refractivity contribution in [1.29, 1.82) is 0 Å². The molecule has 1 aromatic carbocycles. The maximum Gasteiger partial charge on any atom is 0.313 e. The molecule has 0 radical (unpaired) electrons. The van der Waals surface area contributed by atoms with Crippen LogP contribution in [0, 0.1) is 0 Å². The SMILES string of the molecule is COc1ccc(OC)c2c1nc(C[13C](=O)OC)n2C. The number of aromatic nitrogens is 2. The molecule has 6 nitrogen and oxygen atoms in total. The Bertz CT molecular complexity index is 619. The third-order valence-corrected chi connectivity index (χ3v) is 3.01. The molecule has 102 valence electrons. The summed E-state index contributed by atoms with van der Waals surface area (Å²) < 4.78 is 17.1. The zero-order valence-electron chi connectivity index (χ0n) is 11.4. The van der Waals surface area contributed by atoms with E-state index < -0.39 is 0 Å². The molecule has 2 rings (SSSR count). The molecule has 0 spiro atoms. The largest absolute Gasteiger partial charge is 0.494 e. The van der Waals surface area contributed by atoms with Crippen molar-refractivity contribution in [2.45, 2.75) is 6.42 Å². The van der Waals surface area contributed by atoms with Crippen molar-refractivity contribution in [3.05, 3.63) is 18.0 Å². The Balaban J connectivity index is 2.63. The zero-order chi connectivity index (χ0) is 14.0. The number of carbonyl (C=O) groups is 1. The lowest BCUT2D eigenvalue weighted by molar-refractivity contribution is -0.139. The summed E-state index contributed by atoms with van der Waals surface area (Å²) in [4.78, 5) is 15.8. The maximum atomic E-state index is 11.4. The van der Waals surface area contributed by atoms with Gasteiger partial charge in [-0.3, -0.25) is 4.79 Å². The summed E-state index contributed by atoms with van der Waals surface area (Å²) >= 11 is 0. The molecule has 0 aliphatic carbocycles. The number of esters is 1. The zero-order valence-corrected chi connectivity index (χ0v) is 11.4. The second kappa shape index (κ2) is 5.17. The van der Waals surface area contributed by atoms with Crippen LogP contribution in [0.3, 0.4) is 0 Å². The highest BCUT2D eigenvalue weighted by atomic mass is 16.6. The fourth-order valence-electron chi connectivity index (χ4n) is 2.00. The third kappa shape index (κ3) is 2.21. The highest BCUT2D eigenvalue weighted by Gasteiger charge is 2.18. The summed E-state index contributed by atoms with van der Waals surface area (Å²) in [6.45, 7) is 0. The van der Waals surface area contributed by atoms with Gasteiger partial charge >= 0.3 is 5.97 Å². The van der Waals surface area contributed by atoms with Crippen LogP contribution in [0.25, 0.3) is 11.0 Å². The van der Waals surface area contributed by atoms with Crippen LogP contribution in [0.5, 0.6) is 11.5 Å². The second-order valence-corrected chi connectivity index (χ2v) is 4.01. The van der Waals surface area contributed by atoms with E-state index in [4.69, 9.17) is 9.47 Å². The van der Waals surface area contributed by atoms with Crippen LogP contribution in [0.15, 0.2) is 12.1 Å². The maximum absolute atomic E-state index is 11.4. The van der Waals surface area contributed by atoms with E-state index in [9.17, 15) is 4.79 Å². The predicted molar refractivity (Wildman–Crippen MR) is 69.5 cm³/mol. The number of rotatable bonds is 4. The van der Waals surface area contributed by atoms with Gasteiger partial charge in [0.2, 0.25) is 0 Å². The topological polar surface area (TPSA) is 62.6 Å². The van der Waals surface area contributed by atoms with Gasteiger partial charge in [0.1, 0.15) is 34.8 Å². The van der Waals surface area contributed by atoms with Crippen molar-refractivity contribution >= 4 is 17.0 Å². The Kier molecular flexibility index (Phi) is 3.59. The lowest BCUT2D eigenvalue weighted by atomic mass is 10.2.